The molecule has 1 fully saturated rings. The van der Waals surface area contributed by atoms with Gasteiger partial charge in [0.2, 0.25) is 0 Å². The number of carbonyl (C=O) groups is 1. The molecule has 1 unspecified atom stereocenters. The number of hydrogen-bond acceptors (Lipinski definition) is 4. The minimum Gasteiger partial charge on any atom is -0.466 e. The minimum absolute atomic E-state index is 0.0874. The van der Waals surface area contributed by atoms with Gasteiger partial charge >= 0.3 is 5.97 Å². The largest absolute Gasteiger partial charge is 0.466 e. The number of esters is 1. The second-order valence-electron chi connectivity index (χ2n) is 4.32. The van der Waals surface area contributed by atoms with E-state index >= 15 is 0 Å². The van der Waals surface area contributed by atoms with Crippen LogP contribution in [0.25, 0.3) is 0 Å². The summed E-state index contributed by atoms with van der Waals surface area (Å²) in [4.78, 5) is 14.1. The summed E-state index contributed by atoms with van der Waals surface area (Å²) in [5.41, 5.74) is 1.25. The Kier molecular flexibility index (Phi) is 4.57. The maximum atomic E-state index is 11.7. The number of ether oxygens (including phenoxy) is 1. The smallest absolute Gasteiger partial charge is 0.307 e. The van der Waals surface area contributed by atoms with E-state index in [1.165, 1.54) is 18.4 Å². The fraction of sp³-hybridized carbons (Fsp3) is 0.615. The van der Waals surface area contributed by atoms with Crippen LogP contribution in [0.1, 0.15) is 37.8 Å². The molecule has 0 radical (unpaired) electrons. The number of rotatable bonds is 5. The van der Waals surface area contributed by atoms with Gasteiger partial charge in [0.05, 0.1) is 13.0 Å². The van der Waals surface area contributed by atoms with Crippen LogP contribution in [-0.4, -0.2) is 30.6 Å². The van der Waals surface area contributed by atoms with Crippen molar-refractivity contribution in [3.05, 3.63) is 22.4 Å². The van der Waals surface area contributed by atoms with Gasteiger partial charge in [-0.15, -0.1) is 0 Å². The molecule has 1 atom stereocenters. The zero-order chi connectivity index (χ0) is 12.1. The van der Waals surface area contributed by atoms with E-state index in [-0.39, 0.29) is 12.0 Å². The number of carbonyl (C=O) groups excluding carboxylic acids is 1. The standard InChI is InChI=1S/C13H19NO2S/c1-2-16-13(15)9-12(11-5-8-17-10-11)14-6-3-4-7-14/h5,8,10,12H,2-4,6-7,9H2,1H3. The Balaban J connectivity index is 2.04. The third kappa shape index (κ3) is 3.30. The van der Waals surface area contributed by atoms with E-state index in [1.807, 2.05) is 6.92 Å². The van der Waals surface area contributed by atoms with E-state index in [0.29, 0.717) is 13.0 Å². The molecule has 1 aliphatic rings. The maximum absolute atomic E-state index is 11.7. The van der Waals surface area contributed by atoms with Gasteiger partial charge in [0.1, 0.15) is 0 Å². The van der Waals surface area contributed by atoms with Crippen LogP contribution in [0, 0.1) is 0 Å². The van der Waals surface area contributed by atoms with Gasteiger partial charge in [0, 0.05) is 6.04 Å². The summed E-state index contributed by atoms with van der Waals surface area (Å²) < 4.78 is 5.07. The molecule has 17 heavy (non-hydrogen) atoms. The molecule has 1 aliphatic heterocycles. The molecule has 0 N–H and O–H groups in total. The molecule has 2 rings (SSSR count). The highest BCUT2D eigenvalue weighted by Crippen LogP contribution is 2.29. The van der Waals surface area contributed by atoms with E-state index in [4.69, 9.17) is 4.74 Å². The minimum atomic E-state index is -0.0874. The summed E-state index contributed by atoms with van der Waals surface area (Å²) >= 11 is 1.69. The SMILES string of the molecule is CCOC(=O)CC(c1ccsc1)N1CCCC1. The fourth-order valence-corrected chi connectivity index (χ4v) is 3.06. The van der Waals surface area contributed by atoms with Gasteiger partial charge in [-0.3, -0.25) is 9.69 Å². The molecule has 0 saturated carbocycles. The van der Waals surface area contributed by atoms with Gasteiger partial charge in [-0.2, -0.15) is 11.3 Å². The van der Waals surface area contributed by atoms with Crippen molar-refractivity contribution in [2.75, 3.05) is 19.7 Å². The van der Waals surface area contributed by atoms with Crippen molar-refractivity contribution in [3.8, 4) is 0 Å². The molecule has 4 heteroatoms. The topological polar surface area (TPSA) is 29.5 Å². The Morgan fingerprint density at radius 3 is 2.88 bits per heavy atom. The van der Waals surface area contributed by atoms with Crippen molar-refractivity contribution < 1.29 is 9.53 Å². The highest BCUT2D eigenvalue weighted by Gasteiger charge is 2.26. The lowest BCUT2D eigenvalue weighted by Gasteiger charge is -2.26. The fourth-order valence-electron chi connectivity index (χ4n) is 2.35. The monoisotopic (exact) mass is 253 g/mol. The Bertz CT molecular complexity index is 344. The van der Waals surface area contributed by atoms with Crippen molar-refractivity contribution in [2.45, 2.75) is 32.2 Å². The van der Waals surface area contributed by atoms with Crippen LogP contribution in [0.4, 0.5) is 0 Å². The number of thiophene rings is 1. The van der Waals surface area contributed by atoms with Crippen LogP contribution in [0.5, 0.6) is 0 Å². The molecular weight excluding hydrogens is 234 g/mol. The Hall–Kier alpha value is -0.870. The second kappa shape index (κ2) is 6.17. The third-order valence-electron chi connectivity index (χ3n) is 3.17. The van der Waals surface area contributed by atoms with Gasteiger partial charge in [-0.05, 0) is 55.2 Å². The normalized spacial score (nSPS) is 18.2. The average Bonchev–Trinajstić information content (AvgIpc) is 3.00. The Labute approximate surface area is 106 Å². The summed E-state index contributed by atoms with van der Waals surface area (Å²) in [6.45, 7) is 4.52. The molecule has 0 spiro atoms. The van der Waals surface area contributed by atoms with Gasteiger partial charge in [-0.25, -0.2) is 0 Å². The molecule has 2 heterocycles. The molecule has 0 aliphatic carbocycles. The number of likely N-dealkylation sites (tertiary alicyclic amines) is 1. The predicted molar refractivity (Wildman–Crippen MR) is 69.1 cm³/mol. The van der Waals surface area contributed by atoms with Crippen LogP contribution < -0.4 is 0 Å². The molecule has 1 saturated heterocycles. The highest BCUT2D eigenvalue weighted by atomic mass is 32.1. The maximum Gasteiger partial charge on any atom is 0.307 e. The first-order valence-corrected chi connectivity index (χ1v) is 7.17. The zero-order valence-corrected chi connectivity index (χ0v) is 11.0. The Morgan fingerprint density at radius 2 is 2.29 bits per heavy atom. The lowest BCUT2D eigenvalue weighted by molar-refractivity contribution is -0.144. The first kappa shape index (κ1) is 12.6. The predicted octanol–water partition coefficient (Wildman–Crippen LogP) is 2.84. The van der Waals surface area contributed by atoms with Crippen molar-refractivity contribution in [1.82, 2.24) is 4.90 Å². The molecular formula is C13H19NO2S. The van der Waals surface area contributed by atoms with Crippen molar-refractivity contribution >= 4 is 17.3 Å². The summed E-state index contributed by atoms with van der Waals surface area (Å²) in [6.07, 6.45) is 2.96. The quantitative estimate of drug-likeness (QED) is 0.756. The van der Waals surface area contributed by atoms with E-state index in [1.54, 1.807) is 11.3 Å². The van der Waals surface area contributed by atoms with Crippen molar-refractivity contribution in [2.24, 2.45) is 0 Å². The van der Waals surface area contributed by atoms with Gasteiger partial charge < -0.3 is 4.74 Å². The van der Waals surface area contributed by atoms with Crippen LogP contribution in [0.2, 0.25) is 0 Å². The highest BCUT2D eigenvalue weighted by molar-refractivity contribution is 7.07. The van der Waals surface area contributed by atoms with E-state index in [0.717, 1.165) is 13.1 Å². The van der Waals surface area contributed by atoms with Crippen LogP contribution in [0.3, 0.4) is 0 Å². The van der Waals surface area contributed by atoms with E-state index in [2.05, 4.69) is 21.7 Å². The van der Waals surface area contributed by atoms with Gasteiger partial charge in [0.15, 0.2) is 0 Å². The van der Waals surface area contributed by atoms with Gasteiger partial charge in [0.25, 0.3) is 0 Å². The molecule has 1 aromatic heterocycles. The molecule has 3 nitrogen and oxygen atoms in total. The average molecular weight is 253 g/mol. The third-order valence-corrected chi connectivity index (χ3v) is 3.88. The molecule has 94 valence electrons. The molecule has 0 bridgehead atoms. The molecule has 0 aromatic carbocycles. The van der Waals surface area contributed by atoms with E-state index < -0.39 is 0 Å². The first-order valence-electron chi connectivity index (χ1n) is 6.23. The summed E-state index contributed by atoms with van der Waals surface area (Å²) in [7, 11) is 0. The lowest BCUT2D eigenvalue weighted by atomic mass is 10.1. The van der Waals surface area contributed by atoms with Crippen LogP contribution >= 0.6 is 11.3 Å². The molecule has 1 aromatic rings. The van der Waals surface area contributed by atoms with E-state index in [9.17, 15) is 4.79 Å². The summed E-state index contributed by atoms with van der Waals surface area (Å²) in [6, 6.07) is 2.33. The summed E-state index contributed by atoms with van der Waals surface area (Å²) in [5, 5.41) is 4.21. The van der Waals surface area contributed by atoms with Gasteiger partial charge in [-0.1, -0.05) is 0 Å². The Morgan fingerprint density at radius 1 is 1.53 bits per heavy atom. The van der Waals surface area contributed by atoms with Crippen molar-refractivity contribution in [3.63, 3.8) is 0 Å². The van der Waals surface area contributed by atoms with Crippen LogP contribution in [-0.2, 0) is 9.53 Å². The zero-order valence-electron chi connectivity index (χ0n) is 10.2. The lowest BCUT2D eigenvalue weighted by Crippen LogP contribution is -2.28. The number of hydrogen-bond donors (Lipinski definition) is 0. The number of nitrogens with zero attached hydrogens (tertiary/aromatic N) is 1. The first-order chi connectivity index (χ1) is 8.31. The second-order valence-corrected chi connectivity index (χ2v) is 5.10. The molecule has 0 amide bonds. The van der Waals surface area contributed by atoms with Crippen molar-refractivity contribution in [1.29, 1.82) is 0 Å². The van der Waals surface area contributed by atoms with Crippen LogP contribution in [0.15, 0.2) is 16.8 Å². The summed E-state index contributed by atoms with van der Waals surface area (Å²) in [5.74, 6) is -0.0874.